The Bertz CT molecular complexity index is 890. The van der Waals surface area contributed by atoms with Crippen LogP contribution >= 0.6 is 0 Å². The van der Waals surface area contributed by atoms with E-state index >= 15 is 0 Å². The first-order chi connectivity index (χ1) is 13.5. The molecule has 0 unspecified atom stereocenters. The summed E-state index contributed by atoms with van der Waals surface area (Å²) in [6.45, 7) is 2.64. The van der Waals surface area contributed by atoms with Crippen molar-refractivity contribution in [2.45, 2.75) is 44.9 Å². The minimum absolute atomic E-state index is 0.135. The molecule has 2 amide bonds. The summed E-state index contributed by atoms with van der Waals surface area (Å²) in [6, 6.07) is 11.7. The molecular formula is C23H25FN2O2. The molecule has 28 heavy (non-hydrogen) atoms. The van der Waals surface area contributed by atoms with Crippen LogP contribution < -0.4 is 10.2 Å². The van der Waals surface area contributed by atoms with Crippen LogP contribution in [0.3, 0.4) is 0 Å². The van der Waals surface area contributed by atoms with Crippen molar-refractivity contribution in [2.24, 2.45) is 5.92 Å². The summed E-state index contributed by atoms with van der Waals surface area (Å²) in [4.78, 5) is 27.1. The molecule has 0 bridgehead atoms. The lowest BCUT2D eigenvalue weighted by Gasteiger charge is -2.30. The molecule has 1 aliphatic heterocycles. The molecule has 0 saturated heterocycles. The molecule has 4 rings (SSSR count). The highest BCUT2D eigenvalue weighted by Gasteiger charge is 2.30. The SMILES string of the molecule is C[C@H](C(=O)Nc1ccc(F)cc1)c1ccc2c(c1)CCCN2C(=O)CC1CC1. The number of hydrogen-bond donors (Lipinski definition) is 1. The van der Waals surface area contributed by atoms with E-state index in [0.29, 0.717) is 18.0 Å². The van der Waals surface area contributed by atoms with Crippen LogP contribution in [0.4, 0.5) is 15.8 Å². The molecule has 0 spiro atoms. The summed E-state index contributed by atoms with van der Waals surface area (Å²) in [5.74, 6) is -0.0101. The molecule has 2 aliphatic rings. The number of amides is 2. The first kappa shape index (κ1) is 18.7. The lowest BCUT2D eigenvalue weighted by molar-refractivity contribution is -0.119. The highest BCUT2D eigenvalue weighted by atomic mass is 19.1. The van der Waals surface area contributed by atoms with Crippen LogP contribution in [0.5, 0.6) is 0 Å². The average molecular weight is 380 g/mol. The Morgan fingerprint density at radius 1 is 1.18 bits per heavy atom. The highest BCUT2D eigenvalue weighted by Crippen LogP contribution is 2.36. The minimum atomic E-state index is -0.340. The molecular weight excluding hydrogens is 355 g/mol. The molecule has 5 heteroatoms. The van der Waals surface area contributed by atoms with Gasteiger partial charge in [0.05, 0.1) is 5.92 Å². The van der Waals surface area contributed by atoms with Gasteiger partial charge in [0.2, 0.25) is 11.8 Å². The van der Waals surface area contributed by atoms with Crippen molar-refractivity contribution in [1.29, 1.82) is 0 Å². The van der Waals surface area contributed by atoms with Crippen LogP contribution in [0.25, 0.3) is 0 Å². The van der Waals surface area contributed by atoms with Gasteiger partial charge in [-0.2, -0.15) is 0 Å². The number of carbonyl (C=O) groups excluding carboxylic acids is 2. The Hall–Kier alpha value is -2.69. The largest absolute Gasteiger partial charge is 0.326 e. The Labute approximate surface area is 164 Å². The summed E-state index contributed by atoms with van der Waals surface area (Å²) in [5, 5.41) is 2.83. The molecule has 146 valence electrons. The van der Waals surface area contributed by atoms with Crippen molar-refractivity contribution in [3.8, 4) is 0 Å². The van der Waals surface area contributed by atoms with Crippen molar-refractivity contribution in [2.75, 3.05) is 16.8 Å². The summed E-state index contributed by atoms with van der Waals surface area (Å²) in [5.41, 5.74) is 3.63. The van der Waals surface area contributed by atoms with Crippen molar-refractivity contribution in [1.82, 2.24) is 0 Å². The quantitative estimate of drug-likeness (QED) is 0.821. The van der Waals surface area contributed by atoms with E-state index in [-0.39, 0.29) is 23.5 Å². The first-order valence-electron chi connectivity index (χ1n) is 10.0. The van der Waals surface area contributed by atoms with Crippen LogP contribution in [0.15, 0.2) is 42.5 Å². The maximum atomic E-state index is 13.0. The number of fused-ring (bicyclic) bond motifs is 1. The van der Waals surface area contributed by atoms with Crippen LogP contribution in [0.1, 0.15) is 49.7 Å². The number of benzene rings is 2. The van der Waals surface area contributed by atoms with Crippen LogP contribution in [-0.2, 0) is 16.0 Å². The molecule has 1 aliphatic carbocycles. The topological polar surface area (TPSA) is 49.4 Å². The lowest BCUT2D eigenvalue weighted by Crippen LogP contribution is -2.35. The van der Waals surface area contributed by atoms with E-state index in [2.05, 4.69) is 11.4 Å². The molecule has 1 heterocycles. The molecule has 1 saturated carbocycles. The van der Waals surface area contributed by atoms with Crippen LogP contribution in [0, 0.1) is 11.7 Å². The van der Waals surface area contributed by atoms with Gasteiger partial charge in [0, 0.05) is 24.3 Å². The number of carbonyl (C=O) groups is 2. The Morgan fingerprint density at radius 2 is 1.93 bits per heavy atom. The van der Waals surface area contributed by atoms with Gasteiger partial charge in [-0.3, -0.25) is 9.59 Å². The van der Waals surface area contributed by atoms with Gasteiger partial charge in [-0.1, -0.05) is 12.1 Å². The second-order valence-electron chi connectivity index (χ2n) is 7.90. The fourth-order valence-electron chi connectivity index (χ4n) is 3.76. The molecule has 0 radical (unpaired) electrons. The fraction of sp³-hybridized carbons (Fsp3) is 0.391. The lowest BCUT2D eigenvalue weighted by atomic mass is 9.93. The van der Waals surface area contributed by atoms with Gasteiger partial charge in [0.1, 0.15) is 5.82 Å². The van der Waals surface area contributed by atoms with E-state index in [4.69, 9.17) is 0 Å². The van der Waals surface area contributed by atoms with E-state index in [0.717, 1.165) is 36.2 Å². The molecule has 2 aromatic rings. The smallest absolute Gasteiger partial charge is 0.231 e. The second kappa shape index (κ2) is 7.74. The van der Waals surface area contributed by atoms with Crippen molar-refractivity contribution >= 4 is 23.2 Å². The number of anilines is 2. The number of halogens is 1. The third-order valence-corrected chi connectivity index (χ3v) is 5.69. The van der Waals surface area contributed by atoms with E-state index in [9.17, 15) is 14.0 Å². The number of nitrogens with zero attached hydrogens (tertiary/aromatic N) is 1. The van der Waals surface area contributed by atoms with Gasteiger partial charge in [0.25, 0.3) is 0 Å². The third-order valence-electron chi connectivity index (χ3n) is 5.69. The molecule has 0 aromatic heterocycles. The van der Waals surface area contributed by atoms with Crippen LogP contribution in [-0.4, -0.2) is 18.4 Å². The van der Waals surface area contributed by atoms with Crippen molar-refractivity contribution in [3.63, 3.8) is 0 Å². The summed E-state index contributed by atoms with van der Waals surface area (Å²) >= 11 is 0. The number of hydrogen-bond acceptors (Lipinski definition) is 2. The zero-order chi connectivity index (χ0) is 19.7. The predicted molar refractivity (Wildman–Crippen MR) is 108 cm³/mol. The number of nitrogens with one attached hydrogen (secondary N) is 1. The summed E-state index contributed by atoms with van der Waals surface area (Å²) < 4.78 is 13.0. The van der Waals surface area contributed by atoms with Gasteiger partial charge in [-0.05, 0) is 80.0 Å². The van der Waals surface area contributed by atoms with Gasteiger partial charge in [-0.25, -0.2) is 4.39 Å². The maximum Gasteiger partial charge on any atom is 0.231 e. The molecule has 2 aromatic carbocycles. The first-order valence-corrected chi connectivity index (χ1v) is 10.0. The van der Waals surface area contributed by atoms with Crippen molar-refractivity contribution < 1.29 is 14.0 Å². The minimum Gasteiger partial charge on any atom is -0.326 e. The molecule has 1 atom stereocenters. The second-order valence-corrected chi connectivity index (χ2v) is 7.90. The normalized spacial score (nSPS) is 17.0. The number of rotatable bonds is 5. The van der Waals surface area contributed by atoms with Crippen molar-refractivity contribution in [3.05, 3.63) is 59.4 Å². The molecule has 4 nitrogen and oxygen atoms in total. The zero-order valence-electron chi connectivity index (χ0n) is 16.1. The average Bonchev–Trinajstić information content (AvgIpc) is 3.52. The molecule has 1 N–H and O–H groups in total. The zero-order valence-corrected chi connectivity index (χ0v) is 16.1. The Morgan fingerprint density at radius 3 is 2.64 bits per heavy atom. The fourth-order valence-corrected chi connectivity index (χ4v) is 3.76. The maximum absolute atomic E-state index is 13.0. The number of aryl methyl sites for hydroxylation is 1. The van der Waals surface area contributed by atoms with E-state index in [1.54, 1.807) is 12.1 Å². The molecule has 1 fully saturated rings. The Balaban J connectivity index is 1.48. The van der Waals surface area contributed by atoms with Gasteiger partial charge in [0.15, 0.2) is 0 Å². The third kappa shape index (κ3) is 4.08. The highest BCUT2D eigenvalue weighted by molar-refractivity contribution is 5.97. The van der Waals surface area contributed by atoms with Crippen LogP contribution in [0.2, 0.25) is 0 Å². The standard InChI is InChI=1S/C23H25FN2O2/c1-15(23(28)25-20-9-7-19(24)8-10-20)17-6-11-21-18(14-17)3-2-12-26(21)22(27)13-16-4-5-16/h6-11,14-16H,2-5,12-13H2,1H3,(H,25,28)/t15-/m0/s1. The van der Waals surface area contributed by atoms with E-state index in [1.807, 2.05) is 24.0 Å². The summed E-state index contributed by atoms with van der Waals surface area (Å²) in [6.07, 6.45) is 4.86. The van der Waals surface area contributed by atoms with E-state index in [1.165, 1.54) is 25.0 Å². The van der Waals surface area contributed by atoms with Gasteiger partial charge in [-0.15, -0.1) is 0 Å². The predicted octanol–water partition coefficient (Wildman–Crippen LogP) is 4.65. The van der Waals surface area contributed by atoms with E-state index < -0.39 is 0 Å². The van der Waals surface area contributed by atoms with Gasteiger partial charge < -0.3 is 10.2 Å². The summed E-state index contributed by atoms with van der Waals surface area (Å²) in [7, 11) is 0. The van der Waals surface area contributed by atoms with Gasteiger partial charge >= 0.3 is 0 Å². The monoisotopic (exact) mass is 380 g/mol. The Kier molecular flexibility index (Phi) is 5.16.